The van der Waals surface area contributed by atoms with Gasteiger partial charge in [0.1, 0.15) is 5.82 Å². The van der Waals surface area contributed by atoms with E-state index in [1.54, 1.807) is 19.1 Å². The van der Waals surface area contributed by atoms with Crippen LogP contribution in [0.25, 0.3) is 11.6 Å². The Morgan fingerprint density at radius 3 is 2.69 bits per heavy atom. The summed E-state index contributed by atoms with van der Waals surface area (Å²) in [5.74, 6) is -0.193. The summed E-state index contributed by atoms with van der Waals surface area (Å²) < 4.78 is 15.8. The molecular formula is C22H24FN3. The molecule has 0 amide bonds. The topological polar surface area (TPSA) is 43.3 Å². The molecule has 2 N–H and O–H groups in total. The van der Waals surface area contributed by atoms with Crippen molar-refractivity contribution in [2.24, 2.45) is 17.8 Å². The standard InChI is InChI=1S/C22H24FN3/c1-15-6-7-17(14-20(15)23)8-9-18-13-16(2)22(25-18)19(10-11-24)21-5-4-12-26(21)3/h4-9,12-14H,10-11,24H2,1-3H3/b9-8+,22-19-. The quantitative estimate of drug-likeness (QED) is 0.839. The molecule has 26 heavy (non-hydrogen) atoms. The average molecular weight is 349 g/mol. The van der Waals surface area contributed by atoms with Crippen LogP contribution in [0.15, 0.2) is 64.9 Å². The molecule has 1 aromatic heterocycles. The summed E-state index contributed by atoms with van der Waals surface area (Å²) in [5.41, 5.74) is 12.5. The second-order valence-corrected chi connectivity index (χ2v) is 6.58. The lowest BCUT2D eigenvalue weighted by Gasteiger charge is -2.11. The molecule has 1 aliphatic heterocycles. The number of aliphatic imine (C=N–C) groups is 1. The lowest BCUT2D eigenvalue weighted by Crippen LogP contribution is -2.05. The van der Waals surface area contributed by atoms with Crippen molar-refractivity contribution in [2.75, 3.05) is 6.54 Å². The largest absolute Gasteiger partial charge is 0.351 e. The Bertz CT molecular complexity index is 942. The first-order chi connectivity index (χ1) is 12.5. The van der Waals surface area contributed by atoms with E-state index in [0.717, 1.165) is 40.2 Å². The highest BCUT2D eigenvalue weighted by molar-refractivity contribution is 6.10. The lowest BCUT2D eigenvalue weighted by atomic mass is 10.0. The van der Waals surface area contributed by atoms with Crippen LogP contribution in [0, 0.1) is 12.7 Å². The van der Waals surface area contributed by atoms with Crippen molar-refractivity contribution < 1.29 is 4.39 Å². The maximum Gasteiger partial charge on any atom is 0.126 e. The number of nitrogens with zero attached hydrogens (tertiary/aromatic N) is 2. The molecule has 0 saturated heterocycles. The predicted octanol–water partition coefficient (Wildman–Crippen LogP) is 4.65. The highest BCUT2D eigenvalue weighted by Crippen LogP contribution is 2.31. The fourth-order valence-corrected chi connectivity index (χ4v) is 3.11. The summed E-state index contributed by atoms with van der Waals surface area (Å²) in [5, 5.41) is 0. The molecule has 0 saturated carbocycles. The number of nitrogens with two attached hydrogens (primary N) is 1. The van der Waals surface area contributed by atoms with Crippen LogP contribution in [0.3, 0.4) is 0 Å². The molecule has 0 unspecified atom stereocenters. The Hall–Kier alpha value is -2.72. The van der Waals surface area contributed by atoms with E-state index in [1.807, 2.05) is 37.5 Å². The molecule has 1 aliphatic rings. The van der Waals surface area contributed by atoms with Crippen molar-refractivity contribution in [3.63, 3.8) is 0 Å². The third-order valence-electron chi connectivity index (χ3n) is 4.55. The molecule has 3 rings (SSSR count). The second-order valence-electron chi connectivity index (χ2n) is 6.58. The molecule has 2 heterocycles. The second kappa shape index (κ2) is 7.67. The summed E-state index contributed by atoms with van der Waals surface area (Å²) in [7, 11) is 2.02. The Morgan fingerprint density at radius 2 is 2.04 bits per heavy atom. The van der Waals surface area contributed by atoms with Crippen molar-refractivity contribution in [3.8, 4) is 0 Å². The fourth-order valence-electron chi connectivity index (χ4n) is 3.11. The Labute approximate surface area is 154 Å². The van der Waals surface area contributed by atoms with E-state index in [-0.39, 0.29) is 5.82 Å². The summed E-state index contributed by atoms with van der Waals surface area (Å²) in [4.78, 5) is 4.79. The van der Waals surface area contributed by atoms with Crippen LogP contribution >= 0.6 is 0 Å². The van der Waals surface area contributed by atoms with Gasteiger partial charge in [0.25, 0.3) is 0 Å². The highest BCUT2D eigenvalue weighted by atomic mass is 19.1. The average Bonchev–Trinajstić information content (AvgIpc) is 3.19. The van der Waals surface area contributed by atoms with E-state index in [2.05, 4.69) is 23.6 Å². The minimum Gasteiger partial charge on any atom is -0.351 e. The van der Waals surface area contributed by atoms with Crippen LogP contribution in [0.4, 0.5) is 4.39 Å². The van der Waals surface area contributed by atoms with Crippen molar-refractivity contribution >= 4 is 17.4 Å². The third-order valence-corrected chi connectivity index (χ3v) is 4.55. The Kier molecular flexibility index (Phi) is 5.33. The van der Waals surface area contributed by atoms with E-state index in [9.17, 15) is 4.39 Å². The lowest BCUT2D eigenvalue weighted by molar-refractivity contribution is 0.618. The Morgan fingerprint density at radius 1 is 1.23 bits per heavy atom. The number of allylic oxidation sites excluding steroid dienone is 3. The number of hydrogen-bond donors (Lipinski definition) is 1. The van der Waals surface area contributed by atoms with Gasteiger partial charge in [0.2, 0.25) is 0 Å². The molecular weight excluding hydrogens is 325 g/mol. The van der Waals surface area contributed by atoms with Gasteiger partial charge in [0, 0.05) is 24.5 Å². The molecule has 0 fully saturated rings. The maximum atomic E-state index is 13.7. The third kappa shape index (κ3) is 3.75. The predicted molar refractivity (Wildman–Crippen MR) is 107 cm³/mol. The molecule has 134 valence electrons. The SMILES string of the molecule is CC1=CC(/C=C/c2ccc(C)c(F)c2)=NC/1=C(/CCN)c1cccn1C. The summed E-state index contributed by atoms with van der Waals surface area (Å²) in [6.45, 7) is 4.39. The van der Waals surface area contributed by atoms with E-state index < -0.39 is 0 Å². The normalized spacial score (nSPS) is 16.2. The first-order valence-electron chi connectivity index (χ1n) is 8.76. The van der Waals surface area contributed by atoms with Crippen molar-refractivity contribution in [1.29, 1.82) is 0 Å². The molecule has 0 spiro atoms. The number of rotatable bonds is 5. The first-order valence-corrected chi connectivity index (χ1v) is 8.76. The van der Waals surface area contributed by atoms with Gasteiger partial charge in [0.15, 0.2) is 0 Å². The van der Waals surface area contributed by atoms with Crippen LogP contribution in [0.2, 0.25) is 0 Å². The number of halogens is 1. The molecule has 2 aromatic rings. The van der Waals surface area contributed by atoms with Crippen LogP contribution in [-0.2, 0) is 7.05 Å². The molecule has 0 bridgehead atoms. The van der Waals surface area contributed by atoms with Crippen LogP contribution < -0.4 is 5.73 Å². The van der Waals surface area contributed by atoms with Crippen LogP contribution in [0.1, 0.15) is 30.2 Å². The number of benzene rings is 1. The highest BCUT2D eigenvalue weighted by Gasteiger charge is 2.17. The maximum absolute atomic E-state index is 13.7. The minimum atomic E-state index is -0.193. The van der Waals surface area contributed by atoms with Crippen molar-refractivity contribution in [1.82, 2.24) is 4.57 Å². The van der Waals surface area contributed by atoms with Gasteiger partial charge < -0.3 is 10.3 Å². The zero-order valence-corrected chi connectivity index (χ0v) is 15.5. The zero-order valence-electron chi connectivity index (χ0n) is 15.5. The minimum absolute atomic E-state index is 0.193. The molecule has 0 radical (unpaired) electrons. The van der Waals surface area contributed by atoms with Gasteiger partial charge >= 0.3 is 0 Å². The van der Waals surface area contributed by atoms with E-state index >= 15 is 0 Å². The molecule has 1 aromatic carbocycles. The van der Waals surface area contributed by atoms with Gasteiger partial charge in [0.05, 0.1) is 11.4 Å². The molecule has 4 heteroatoms. The number of aryl methyl sites for hydroxylation is 2. The van der Waals surface area contributed by atoms with Gasteiger partial charge in [-0.15, -0.1) is 0 Å². The van der Waals surface area contributed by atoms with Gasteiger partial charge in [-0.3, -0.25) is 0 Å². The van der Waals surface area contributed by atoms with E-state index in [4.69, 9.17) is 10.7 Å². The fraction of sp³-hybridized carbons (Fsp3) is 0.227. The Balaban J connectivity index is 1.94. The zero-order chi connectivity index (χ0) is 18.7. The van der Waals surface area contributed by atoms with E-state index in [0.29, 0.717) is 12.1 Å². The summed E-state index contributed by atoms with van der Waals surface area (Å²) >= 11 is 0. The summed E-state index contributed by atoms with van der Waals surface area (Å²) in [6.07, 6.45) is 8.65. The van der Waals surface area contributed by atoms with Crippen LogP contribution in [0.5, 0.6) is 0 Å². The first kappa shape index (κ1) is 18.1. The summed E-state index contributed by atoms with van der Waals surface area (Å²) in [6, 6.07) is 9.34. The van der Waals surface area contributed by atoms with Gasteiger partial charge in [-0.2, -0.15) is 0 Å². The van der Waals surface area contributed by atoms with E-state index in [1.165, 1.54) is 0 Å². The van der Waals surface area contributed by atoms with Gasteiger partial charge in [-0.25, -0.2) is 9.38 Å². The smallest absolute Gasteiger partial charge is 0.126 e. The van der Waals surface area contributed by atoms with Crippen molar-refractivity contribution in [2.45, 2.75) is 20.3 Å². The van der Waals surface area contributed by atoms with Gasteiger partial charge in [-0.05, 0) is 73.9 Å². The van der Waals surface area contributed by atoms with Crippen molar-refractivity contribution in [3.05, 3.63) is 82.6 Å². The molecule has 3 nitrogen and oxygen atoms in total. The van der Waals surface area contributed by atoms with Crippen LogP contribution in [-0.4, -0.2) is 16.8 Å². The monoisotopic (exact) mass is 349 g/mol. The number of aromatic nitrogens is 1. The van der Waals surface area contributed by atoms with Gasteiger partial charge in [-0.1, -0.05) is 18.2 Å². The molecule has 0 aliphatic carbocycles. The molecule has 0 atom stereocenters. The number of hydrogen-bond acceptors (Lipinski definition) is 2.